The van der Waals surface area contributed by atoms with Gasteiger partial charge >= 0.3 is 0 Å². The Morgan fingerprint density at radius 1 is 1.06 bits per heavy atom. The van der Waals surface area contributed by atoms with Crippen molar-refractivity contribution >= 4 is 37.9 Å². The third-order valence-electron chi connectivity index (χ3n) is 5.93. The maximum atomic E-state index is 12.8. The lowest BCUT2D eigenvalue weighted by molar-refractivity contribution is -0.130. The fourth-order valence-electron chi connectivity index (χ4n) is 4.01. The Morgan fingerprint density at radius 2 is 1.80 bits per heavy atom. The molecule has 0 bridgehead atoms. The first-order valence-electron chi connectivity index (χ1n) is 11.3. The van der Waals surface area contributed by atoms with E-state index in [1.807, 2.05) is 17.6 Å². The van der Waals surface area contributed by atoms with Crippen molar-refractivity contribution < 1.29 is 13.2 Å². The average Bonchev–Trinajstić information content (AvgIpc) is 3.19. The van der Waals surface area contributed by atoms with Gasteiger partial charge in [-0.05, 0) is 37.3 Å². The van der Waals surface area contributed by atoms with Gasteiger partial charge in [0.15, 0.2) is 0 Å². The lowest BCUT2D eigenvalue weighted by Gasteiger charge is -2.17. The molecule has 0 aliphatic heterocycles. The topological polar surface area (TPSA) is 121 Å². The summed E-state index contributed by atoms with van der Waals surface area (Å²) in [6.07, 6.45) is 0.601. The minimum atomic E-state index is -3.57. The molecular weight excluding hydrogens is 468 g/mol. The number of amides is 1. The summed E-state index contributed by atoms with van der Waals surface area (Å²) in [5.41, 5.74) is 1.74. The van der Waals surface area contributed by atoms with E-state index in [9.17, 15) is 18.0 Å². The van der Waals surface area contributed by atoms with E-state index in [0.29, 0.717) is 41.0 Å². The van der Waals surface area contributed by atoms with Crippen molar-refractivity contribution in [1.29, 1.82) is 0 Å². The number of carbonyl (C=O) groups is 1. The molecule has 1 amide bonds. The molecule has 0 radical (unpaired) electrons. The zero-order valence-corrected chi connectivity index (χ0v) is 21.0. The number of H-pyrrole nitrogens is 1. The molecule has 0 unspecified atom stereocenters. The molecule has 184 valence electrons. The number of rotatable bonds is 8. The SMILES string of the molecule is CCn1c(CCC(=O)N(C)Cc2nc3ccccc3c(=O)[nH]2)nc2cc(S(=O)(=O)N(C)C)ccc21. The molecule has 11 heteroatoms. The van der Waals surface area contributed by atoms with Gasteiger partial charge in [0.2, 0.25) is 15.9 Å². The van der Waals surface area contributed by atoms with Crippen LogP contribution >= 0.6 is 0 Å². The number of nitrogens with one attached hydrogen (secondary N) is 1. The number of nitrogens with zero attached hydrogens (tertiary/aromatic N) is 5. The Bertz CT molecular complexity index is 1570. The lowest BCUT2D eigenvalue weighted by atomic mass is 10.2. The van der Waals surface area contributed by atoms with Crippen molar-refractivity contribution in [3.8, 4) is 0 Å². The molecule has 0 spiro atoms. The fourth-order valence-corrected chi connectivity index (χ4v) is 4.93. The van der Waals surface area contributed by atoms with Gasteiger partial charge in [0.25, 0.3) is 5.56 Å². The average molecular weight is 497 g/mol. The number of para-hydroxylation sites is 1. The number of sulfonamides is 1. The highest BCUT2D eigenvalue weighted by atomic mass is 32.2. The van der Waals surface area contributed by atoms with Gasteiger partial charge in [0.05, 0.1) is 33.4 Å². The Hall–Kier alpha value is -3.57. The second-order valence-corrected chi connectivity index (χ2v) is 10.6. The minimum Gasteiger partial charge on any atom is -0.338 e. The third-order valence-corrected chi connectivity index (χ3v) is 7.74. The van der Waals surface area contributed by atoms with Crippen molar-refractivity contribution in [1.82, 2.24) is 28.7 Å². The third kappa shape index (κ3) is 4.82. The number of hydrogen-bond acceptors (Lipinski definition) is 6. The molecule has 0 aliphatic rings. The van der Waals surface area contributed by atoms with E-state index >= 15 is 0 Å². The summed E-state index contributed by atoms with van der Waals surface area (Å²) in [6, 6.07) is 12.0. The van der Waals surface area contributed by atoms with Gasteiger partial charge < -0.3 is 14.5 Å². The van der Waals surface area contributed by atoms with E-state index in [1.165, 1.54) is 19.0 Å². The summed E-state index contributed by atoms with van der Waals surface area (Å²) in [7, 11) is 1.07. The van der Waals surface area contributed by atoms with Crippen LogP contribution in [0.1, 0.15) is 25.0 Å². The fraction of sp³-hybridized carbons (Fsp3) is 0.333. The Kier molecular flexibility index (Phi) is 6.73. The predicted octanol–water partition coefficient (Wildman–Crippen LogP) is 2.13. The van der Waals surface area contributed by atoms with Crippen LogP contribution in [0.3, 0.4) is 0 Å². The predicted molar refractivity (Wildman–Crippen MR) is 133 cm³/mol. The van der Waals surface area contributed by atoms with Gasteiger partial charge in [0, 0.05) is 40.5 Å². The number of benzene rings is 2. The van der Waals surface area contributed by atoms with Gasteiger partial charge in [-0.15, -0.1) is 0 Å². The molecule has 0 saturated carbocycles. The highest BCUT2D eigenvalue weighted by molar-refractivity contribution is 7.89. The normalized spacial score (nSPS) is 12.0. The van der Waals surface area contributed by atoms with Gasteiger partial charge in [-0.1, -0.05) is 12.1 Å². The molecule has 0 aliphatic carbocycles. The summed E-state index contributed by atoms with van der Waals surface area (Å²) >= 11 is 0. The van der Waals surface area contributed by atoms with Crippen molar-refractivity contribution in [3.63, 3.8) is 0 Å². The lowest BCUT2D eigenvalue weighted by Crippen LogP contribution is -2.28. The van der Waals surface area contributed by atoms with E-state index < -0.39 is 10.0 Å². The van der Waals surface area contributed by atoms with Gasteiger partial charge in [-0.3, -0.25) is 9.59 Å². The highest BCUT2D eigenvalue weighted by Gasteiger charge is 2.20. The molecule has 0 fully saturated rings. The molecule has 1 N–H and O–H groups in total. The monoisotopic (exact) mass is 496 g/mol. The van der Waals surface area contributed by atoms with E-state index in [-0.39, 0.29) is 29.3 Å². The molecule has 4 rings (SSSR count). The van der Waals surface area contributed by atoms with Crippen LogP contribution in [0.25, 0.3) is 21.9 Å². The first kappa shape index (κ1) is 24.6. The smallest absolute Gasteiger partial charge is 0.258 e. The maximum Gasteiger partial charge on any atom is 0.258 e. The first-order valence-corrected chi connectivity index (χ1v) is 12.7. The van der Waals surface area contributed by atoms with Crippen molar-refractivity contribution in [2.45, 2.75) is 37.8 Å². The molecule has 0 atom stereocenters. The molecule has 2 heterocycles. The van der Waals surface area contributed by atoms with E-state index in [2.05, 4.69) is 15.0 Å². The van der Waals surface area contributed by atoms with Crippen molar-refractivity contribution in [2.75, 3.05) is 21.1 Å². The van der Waals surface area contributed by atoms with Gasteiger partial charge in [-0.2, -0.15) is 0 Å². The van der Waals surface area contributed by atoms with Crippen LogP contribution in [-0.2, 0) is 34.3 Å². The van der Waals surface area contributed by atoms with Crippen LogP contribution in [-0.4, -0.2) is 64.2 Å². The Labute approximate surface area is 203 Å². The number of aromatic nitrogens is 4. The molecular formula is C24H28N6O4S. The molecule has 10 nitrogen and oxygen atoms in total. The van der Waals surface area contributed by atoms with E-state index in [0.717, 1.165) is 9.82 Å². The number of carbonyl (C=O) groups excluding carboxylic acids is 1. The number of fused-ring (bicyclic) bond motifs is 2. The molecule has 35 heavy (non-hydrogen) atoms. The van der Waals surface area contributed by atoms with E-state index in [1.54, 1.807) is 43.4 Å². The van der Waals surface area contributed by atoms with Crippen LogP contribution in [0.4, 0.5) is 0 Å². The zero-order valence-electron chi connectivity index (χ0n) is 20.1. The van der Waals surface area contributed by atoms with Crippen LogP contribution in [0, 0.1) is 0 Å². The van der Waals surface area contributed by atoms with Crippen LogP contribution in [0.2, 0.25) is 0 Å². The van der Waals surface area contributed by atoms with Crippen LogP contribution < -0.4 is 5.56 Å². The summed E-state index contributed by atoms with van der Waals surface area (Å²) in [5, 5.41) is 0.505. The molecule has 2 aromatic carbocycles. The Morgan fingerprint density at radius 3 is 2.51 bits per heavy atom. The van der Waals surface area contributed by atoms with Crippen molar-refractivity contribution in [3.05, 3.63) is 64.5 Å². The quantitative estimate of drug-likeness (QED) is 0.399. The molecule has 4 aromatic rings. The van der Waals surface area contributed by atoms with Gasteiger partial charge in [-0.25, -0.2) is 22.7 Å². The summed E-state index contributed by atoms with van der Waals surface area (Å²) in [4.78, 5) is 38.6. The first-order chi connectivity index (χ1) is 16.6. The van der Waals surface area contributed by atoms with Crippen LogP contribution in [0.5, 0.6) is 0 Å². The summed E-state index contributed by atoms with van der Waals surface area (Å²) in [5.74, 6) is 1.01. The van der Waals surface area contributed by atoms with Crippen LogP contribution in [0.15, 0.2) is 52.2 Å². The number of aryl methyl sites for hydroxylation is 2. The minimum absolute atomic E-state index is 0.119. The standard InChI is InChI=1S/C24H28N6O4S/c1-5-30-20-11-10-16(35(33,34)28(2)3)14-19(20)26-22(30)12-13-23(31)29(4)15-21-25-18-9-7-6-8-17(18)24(32)27-21/h6-11,14H,5,12-13,15H2,1-4H3,(H,25,27,32). The number of aromatic amines is 1. The summed E-state index contributed by atoms with van der Waals surface area (Å²) < 4.78 is 28.1. The number of imidazole rings is 1. The molecule has 0 saturated heterocycles. The summed E-state index contributed by atoms with van der Waals surface area (Å²) in [6.45, 7) is 2.79. The van der Waals surface area contributed by atoms with Crippen molar-refractivity contribution in [2.24, 2.45) is 0 Å². The zero-order chi connectivity index (χ0) is 25.3. The molecule has 2 aromatic heterocycles. The number of hydrogen-bond donors (Lipinski definition) is 1. The van der Waals surface area contributed by atoms with E-state index in [4.69, 9.17) is 0 Å². The second-order valence-electron chi connectivity index (χ2n) is 8.49. The highest BCUT2D eigenvalue weighted by Crippen LogP contribution is 2.23. The van der Waals surface area contributed by atoms with Gasteiger partial charge in [0.1, 0.15) is 11.6 Å². The maximum absolute atomic E-state index is 12.8. The largest absolute Gasteiger partial charge is 0.338 e. The second kappa shape index (κ2) is 9.59. The Balaban J connectivity index is 1.50.